The molecular formula is C22H31N3O2. The van der Waals surface area contributed by atoms with Crippen LogP contribution in [0.4, 0.5) is 0 Å². The second-order valence-corrected chi connectivity index (χ2v) is 7.14. The van der Waals surface area contributed by atoms with E-state index in [0.717, 1.165) is 37.7 Å². The fourth-order valence-corrected chi connectivity index (χ4v) is 3.98. The molecule has 1 unspecified atom stereocenters. The predicted molar refractivity (Wildman–Crippen MR) is 108 cm³/mol. The largest absolute Gasteiger partial charge is 0.493 e. The molecule has 1 fully saturated rings. The molecule has 5 heteroatoms. The molecule has 1 saturated heterocycles. The zero-order chi connectivity index (χ0) is 19.1. The first-order valence-corrected chi connectivity index (χ1v) is 9.79. The van der Waals surface area contributed by atoms with Crippen LogP contribution in [0.25, 0.3) is 0 Å². The van der Waals surface area contributed by atoms with Gasteiger partial charge in [0.1, 0.15) is 0 Å². The number of nitrogens with zero attached hydrogens (tertiary/aromatic N) is 3. The minimum atomic E-state index is 0.636. The van der Waals surface area contributed by atoms with Gasteiger partial charge in [0.05, 0.1) is 14.2 Å². The van der Waals surface area contributed by atoms with Crippen LogP contribution in [0, 0.1) is 0 Å². The van der Waals surface area contributed by atoms with Crippen LogP contribution in [0.2, 0.25) is 0 Å². The summed E-state index contributed by atoms with van der Waals surface area (Å²) in [6, 6.07) is 11.1. The molecular weight excluding hydrogens is 338 g/mol. The summed E-state index contributed by atoms with van der Waals surface area (Å²) in [6.07, 6.45) is 6.33. The maximum Gasteiger partial charge on any atom is 0.161 e. The average Bonchev–Trinajstić information content (AvgIpc) is 3.15. The lowest BCUT2D eigenvalue weighted by molar-refractivity contribution is 0.166. The van der Waals surface area contributed by atoms with E-state index >= 15 is 0 Å². The molecule has 146 valence electrons. The van der Waals surface area contributed by atoms with Crippen molar-refractivity contribution in [3.63, 3.8) is 0 Å². The Morgan fingerprint density at radius 2 is 1.78 bits per heavy atom. The van der Waals surface area contributed by atoms with Gasteiger partial charge in [-0.3, -0.25) is 14.8 Å². The first-order chi connectivity index (χ1) is 13.2. The summed E-state index contributed by atoms with van der Waals surface area (Å²) in [7, 11) is 3.36. The summed E-state index contributed by atoms with van der Waals surface area (Å²) in [4.78, 5) is 9.29. The molecule has 1 aliphatic heterocycles. The minimum absolute atomic E-state index is 0.636. The van der Waals surface area contributed by atoms with Crippen molar-refractivity contribution in [3.05, 3.63) is 53.9 Å². The van der Waals surface area contributed by atoms with E-state index in [0.29, 0.717) is 6.04 Å². The van der Waals surface area contributed by atoms with Crippen molar-refractivity contribution in [1.29, 1.82) is 0 Å². The number of rotatable bonds is 9. The zero-order valence-corrected chi connectivity index (χ0v) is 16.7. The maximum atomic E-state index is 5.48. The van der Waals surface area contributed by atoms with E-state index in [9.17, 15) is 0 Å². The van der Waals surface area contributed by atoms with E-state index in [1.165, 1.54) is 30.5 Å². The molecule has 5 nitrogen and oxygen atoms in total. The highest BCUT2D eigenvalue weighted by molar-refractivity contribution is 5.42. The fraction of sp³-hybridized carbons (Fsp3) is 0.500. The number of benzene rings is 1. The van der Waals surface area contributed by atoms with Gasteiger partial charge < -0.3 is 9.47 Å². The molecule has 27 heavy (non-hydrogen) atoms. The van der Waals surface area contributed by atoms with Gasteiger partial charge in [-0.2, -0.15) is 0 Å². The number of ether oxygens (including phenoxy) is 2. The number of likely N-dealkylation sites (N-methyl/N-ethyl adjacent to an activating group) is 1. The van der Waals surface area contributed by atoms with Crippen molar-refractivity contribution < 1.29 is 9.47 Å². The standard InChI is InChI=1S/C22H31N3O2/c1-4-25-13-5-6-20(25)17-24(15-18-9-11-23-12-10-18)16-19-7-8-21(26-2)22(14-19)27-3/h7-12,14,20H,4-6,13,15-17H2,1-3H3. The van der Waals surface area contributed by atoms with Gasteiger partial charge in [-0.05, 0) is 61.3 Å². The average molecular weight is 370 g/mol. The Hall–Kier alpha value is -2.11. The van der Waals surface area contributed by atoms with Gasteiger partial charge in [-0.25, -0.2) is 0 Å². The first kappa shape index (κ1) is 19.6. The van der Waals surface area contributed by atoms with Gasteiger partial charge in [0.2, 0.25) is 0 Å². The van der Waals surface area contributed by atoms with E-state index < -0.39 is 0 Å². The van der Waals surface area contributed by atoms with Crippen molar-refractivity contribution >= 4 is 0 Å². The Bertz CT molecular complexity index is 708. The second-order valence-electron chi connectivity index (χ2n) is 7.14. The molecule has 3 rings (SSSR count). The summed E-state index contributed by atoms with van der Waals surface area (Å²) in [6.45, 7) is 7.50. The molecule has 0 spiro atoms. The Kier molecular flexibility index (Phi) is 7.07. The molecule has 0 amide bonds. The Balaban J connectivity index is 1.76. The van der Waals surface area contributed by atoms with E-state index in [-0.39, 0.29) is 0 Å². The number of hydrogen-bond acceptors (Lipinski definition) is 5. The molecule has 0 aliphatic carbocycles. The summed E-state index contributed by atoms with van der Waals surface area (Å²) in [5.74, 6) is 1.56. The van der Waals surface area contributed by atoms with Crippen LogP contribution in [0.1, 0.15) is 30.9 Å². The summed E-state index contributed by atoms with van der Waals surface area (Å²) in [5.41, 5.74) is 2.54. The number of hydrogen-bond donors (Lipinski definition) is 0. The normalized spacial score (nSPS) is 17.4. The third-order valence-corrected chi connectivity index (χ3v) is 5.38. The third kappa shape index (κ3) is 5.21. The van der Waals surface area contributed by atoms with E-state index in [4.69, 9.17) is 9.47 Å². The molecule has 0 saturated carbocycles. The van der Waals surface area contributed by atoms with Crippen LogP contribution in [0.3, 0.4) is 0 Å². The molecule has 0 bridgehead atoms. The van der Waals surface area contributed by atoms with Crippen molar-refractivity contribution in [2.24, 2.45) is 0 Å². The van der Waals surface area contributed by atoms with E-state index in [1.807, 2.05) is 18.5 Å². The van der Waals surface area contributed by atoms with Crippen molar-refractivity contribution in [2.75, 3.05) is 33.9 Å². The van der Waals surface area contributed by atoms with Crippen LogP contribution < -0.4 is 9.47 Å². The first-order valence-electron chi connectivity index (χ1n) is 9.79. The second kappa shape index (κ2) is 9.72. The highest BCUT2D eigenvalue weighted by Crippen LogP contribution is 2.28. The topological polar surface area (TPSA) is 37.8 Å². The van der Waals surface area contributed by atoms with Crippen LogP contribution in [-0.2, 0) is 13.1 Å². The lowest BCUT2D eigenvalue weighted by atomic mass is 10.1. The van der Waals surface area contributed by atoms with Crippen molar-refractivity contribution in [2.45, 2.75) is 38.9 Å². The van der Waals surface area contributed by atoms with Gasteiger partial charge in [-0.15, -0.1) is 0 Å². The van der Waals surface area contributed by atoms with Crippen LogP contribution in [0.15, 0.2) is 42.7 Å². The molecule has 1 aliphatic rings. The minimum Gasteiger partial charge on any atom is -0.493 e. The predicted octanol–water partition coefficient (Wildman–Crippen LogP) is 3.59. The molecule has 0 N–H and O–H groups in total. The van der Waals surface area contributed by atoms with Crippen molar-refractivity contribution in [1.82, 2.24) is 14.8 Å². The van der Waals surface area contributed by atoms with Crippen LogP contribution >= 0.6 is 0 Å². The van der Waals surface area contributed by atoms with Crippen LogP contribution in [-0.4, -0.2) is 54.7 Å². The van der Waals surface area contributed by atoms with Crippen LogP contribution in [0.5, 0.6) is 11.5 Å². The molecule has 2 heterocycles. The summed E-state index contributed by atoms with van der Waals surface area (Å²) >= 11 is 0. The molecule has 1 aromatic heterocycles. The fourth-order valence-electron chi connectivity index (χ4n) is 3.98. The summed E-state index contributed by atoms with van der Waals surface area (Å²) in [5, 5.41) is 0. The van der Waals surface area contributed by atoms with Gasteiger partial charge in [0, 0.05) is 38.1 Å². The smallest absolute Gasteiger partial charge is 0.161 e. The lowest BCUT2D eigenvalue weighted by Gasteiger charge is -2.30. The SMILES string of the molecule is CCN1CCCC1CN(Cc1ccncc1)Cc1ccc(OC)c(OC)c1. The number of likely N-dealkylation sites (tertiary alicyclic amines) is 1. The number of aromatic nitrogens is 1. The Morgan fingerprint density at radius 3 is 2.48 bits per heavy atom. The number of pyridine rings is 1. The quantitative estimate of drug-likeness (QED) is 0.675. The van der Waals surface area contributed by atoms with Gasteiger partial charge >= 0.3 is 0 Å². The molecule has 1 atom stereocenters. The maximum absolute atomic E-state index is 5.48. The molecule has 2 aromatic rings. The van der Waals surface area contributed by atoms with Gasteiger partial charge in [-0.1, -0.05) is 13.0 Å². The zero-order valence-electron chi connectivity index (χ0n) is 16.7. The number of methoxy groups -OCH3 is 2. The van der Waals surface area contributed by atoms with E-state index in [1.54, 1.807) is 14.2 Å². The van der Waals surface area contributed by atoms with Crippen molar-refractivity contribution in [3.8, 4) is 11.5 Å². The monoisotopic (exact) mass is 369 g/mol. The Labute approximate surface area is 162 Å². The van der Waals surface area contributed by atoms with E-state index in [2.05, 4.69) is 46.0 Å². The lowest BCUT2D eigenvalue weighted by Crippen LogP contribution is -2.39. The molecule has 0 radical (unpaired) electrons. The Morgan fingerprint density at radius 1 is 1.04 bits per heavy atom. The highest BCUT2D eigenvalue weighted by Gasteiger charge is 2.25. The summed E-state index contributed by atoms with van der Waals surface area (Å²) < 4.78 is 10.9. The highest BCUT2D eigenvalue weighted by atomic mass is 16.5. The van der Waals surface area contributed by atoms with Gasteiger partial charge in [0.25, 0.3) is 0 Å². The molecule has 1 aromatic carbocycles. The third-order valence-electron chi connectivity index (χ3n) is 5.38. The van der Waals surface area contributed by atoms with Gasteiger partial charge in [0.15, 0.2) is 11.5 Å².